The standard InChI is InChI=1S/C8H14F2O.C2H6/c1-6-5-11-4-3-8(6,2)7(9)10;1-2/h6-7H,3-5H2,1-2H3;1-2H3. The SMILES string of the molecule is CC.CC1COCCC1(C)C(F)F. The molecule has 1 aliphatic rings. The first-order valence-electron chi connectivity index (χ1n) is 4.93. The van der Waals surface area contributed by atoms with Crippen LogP contribution in [0.2, 0.25) is 0 Å². The van der Waals surface area contributed by atoms with Crippen molar-refractivity contribution in [2.45, 2.75) is 40.5 Å². The van der Waals surface area contributed by atoms with Gasteiger partial charge in [-0.1, -0.05) is 27.7 Å². The molecule has 1 aliphatic heterocycles. The summed E-state index contributed by atoms with van der Waals surface area (Å²) in [4.78, 5) is 0. The van der Waals surface area contributed by atoms with Crippen LogP contribution in [0.4, 0.5) is 8.78 Å². The van der Waals surface area contributed by atoms with E-state index in [-0.39, 0.29) is 5.92 Å². The Labute approximate surface area is 79.5 Å². The highest BCUT2D eigenvalue weighted by molar-refractivity contribution is 4.84. The van der Waals surface area contributed by atoms with Gasteiger partial charge in [-0.15, -0.1) is 0 Å². The number of halogens is 2. The molecule has 0 radical (unpaired) electrons. The first kappa shape index (κ1) is 12.8. The van der Waals surface area contributed by atoms with E-state index in [0.717, 1.165) is 0 Å². The van der Waals surface area contributed by atoms with Gasteiger partial charge in [0, 0.05) is 18.6 Å². The first-order valence-corrected chi connectivity index (χ1v) is 4.93. The van der Waals surface area contributed by atoms with Crippen LogP contribution >= 0.6 is 0 Å². The number of hydrogen-bond acceptors (Lipinski definition) is 1. The molecule has 1 saturated heterocycles. The summed E-state index contributed by atoms with van der Waals surface area (Å²) in [5.74, 6) is -0.0313. The average Bonchev–Trinajstić information content (AvgIpc) is 2.13. The van der Waals surface area contributed by atoms with Gasteiger partial charge >= 0.3 is 0 Å². The van der Waals surface area contributed by atoms with Crippen LogP contribution in [0.5, 0.6) is 0 Å². The lowest BCUT2D eigenvalue weighted by atomic mass is 9.75. The summed E-state index contributed by atoms with van der Waals surface area (Å²) in [5.41, 5.74) is -0.821. The molecule has 0 amide bonds. The zero-order valence-electron chi connectivity index (χ0n) is 8.94. The maximum Gasteiger partial charge on any atom is 0.244 e. The minimum absolute atomic E-state index is 0.0313. The Morgan fingerprint density at radius 1 is 1.38 bits per heavy atom. The Kier molecular flexibility index (Phi) is 5.45. The smallest absolute Gasteiger partial charge is 0.244 e. The molecule has 1 nitrogen and oxygen atoms in total. The molecule has 0 bridgehead atoms. The number of rotatable bonds is 1. The second-order valence-corrected chi connectivity index (χ2v) is 3.53. The molecule has 0 spiro atoms. The minimum atomic E-state index is -2.22. The van der Waals surface area contributed by atoms with Gasteiger partial charge < -0.3 is 4.74 Å². The van der Waals surface area contributed by atoms with Gasteiger partial charge in [-0.25, -0.2) is 8.78 Å². The van der Waals surface area contributed by atoms with Gasteiger partial charge in [0.2, 0.25) is 6.43 Å². The predicted molar refractivity (Wildman–Crippen MR) is 50.1 cm³/mol. The Morgan fingerprint density at radius 3 is 2.23 bits per heavy atom. The van der Waals surface area contributed by atoms with Crippen molar-refractivity contribution in [2.75, 3.05) is 13.2 Å². The van der Waals surface area contributed by atoms with E-state index in [9.17, 15) is 8.78 Å². The van der Waals surface area contributed by atoms with Gasteiger partial charge in [-0.2, -0.15) is 0 Å². The Balaban J connectivity index is 0.000000671. The van der Waals surface area contributed by atoms with E-state index in [1.165, 1.54) is 0 Å². The maximum absolute atomic E-state index is 12.5. The quantitative estimate of drug-likeness (QED) is 0.622. The normalized spacial score (nSPS) is 33.9. The summed E-state index contributed by atoms with van der Waals surface area (Å²) in [6.45, 7) is 8.42. The molecule has 0 N–H and O–H groups in total. The van der Waals surface area contributed by atoms with Crippen LogP contribution < -0.4 is 0 Å². The highest BCUT2D eigenvalue weighted by Gasteiger charge is 2.42. The maximum atomic E-state index is 12.5. The third-order valence-corrected chi connectivity index (χ3v) is 2.78. The van der Waals surface area contributed by atoms with Crippen LogP contribution in [-0.2, 0) is 4.74 Å². The van der Waals surface area contributed by atoms with E-state index in [0.29, 0.717) is 19.6 Å². The third kappa shape index (κ3) is 2.90. The monoisotopic (exact) mass is 194 g/mol. The summed E-state index contributed by atoms with van der Waals surface area (Å²) in [7, 11) is 0. The fourth-order valence-corrected chi connectivity index (χ4v) is 1.31. The van der Waals surface area contributed by atoms with Crippen molar-refractivity contribution < 1.29 is 13.5 Å². The topological polar surface area (TPSA) is 9.23 Å². The molecule has 1 heterocycles. The van der Waals surface area contributed by atoms with E-state index in [4.69, 9.17) is 4.74 Å². The summed E-state index contributed by atoms with van der Waals surface area (Å²) >= 11 is 0. The zero-order chi connectivity index (χ0) is 10.5. The van der Waals surface area contributed by atoms with Crippen LogP contribution in [-0.4, -0.2) is 19.6 Å². The van der Waals surface area contributed by atoms with E-state index < -0.39 is 11.8 Å². The second kappa shape index (κ2) is 5.53. The zero-order valence-corrected chi connectivity index (χ0v) is 8.94. The molecule has 0 aromatic rings. The Hall–Kier alpha value is -0.180. The Bertz CT molecular complexity index is 139. The summed E-state index contributed by atoms with van der Waals surface area (Å²) in [5, 5.41) is 0. The molecule has 0 aliphatic carbocycles. The first-order chi connectivity index (χ1) is 6.07. The molecule has 3 heteroatoms. The highest BCUT2D eigenvalue weighted by atomic mass is 19.3. The molecular formula is C10H20F2O. The van der Waals surface area contributed by atoms with Crippen LogP contribution in [0.25, 0.3) is 0 Å². The van der Waals surface area contributed by atoms with Crippen molar-refractivity contribution in [1.82, 2.24) is 0 Å². The molecule has 2 atom stereocenters. The summed E-state index contributed by atoms with van der Waals surface area (Å²) in [6.07, 6.45) is -1.74. The third-order valence-electron chi connectivity index (χ3n) is 2.78. The number of hydrogen-bond donors (Lipinski definition) is 0. The molecule has 80 valence electrons. The summed E-state index contributed by atoms with van der Waals surface area (Å²) in [6, 6.07) is 0. The van der Waals surface area contributed by atoms with Gasteiger partial charge in [0.1, 0.15) is 0 Å². The van der Waals surface area contributed by atoms with Crippen molar-refractivity contribution in [2.24, 2.45) is 11.3 Å². The van der Waals surface area contributed by atoms with Crippen molar-refractivity contribution in [3.05, 3.63) is 0 Å². The van der Waals surface area contributed by atoms with Crippen molar-refractivity contribution in [3.63, 3.8) is 0 Å². The Morgan fingerprint density at radius 2 is 1.92 bits per heavy atom. The fraction of sp³-hybridized carbons (Fsp3) is 1.00. The molecular weight excluding hydrogens is 174 g/mol. The average molecular weight is 194 g/mol. The van der Waals surface area contributed by atoms with Gasteiger partial charge in [0.25, 0.3) is 0 Å². The molecule has 1 fully saturated rings. The van der Waals surface area contributed by atoms with Crippen molar-refractivity contribution in [3.8, 4) is 0 Å². The molecule has 0 aromatic carbocycles. The lowest BCUT2D eigenvalue weighted by Gasteiger charge is -2.38. The number of ether oxygens (including phenoxy) is 1. The molecule has 2 unspecified atom stereocenters. The van der Waals surface area contributed by atoms with Crippen LogP contribution in [0.1, 0.15) is 34.1 Å². The van der Waals surface area contributed by atoms with E-state index in [1.807, 2.05) is 20.8 Å². The predicted octanol–water partition coefficient (Wildman–Crippen LogP) is 3.34. The highest BCUT2D eigenvalue weighted by Crippen LogP contribution is 2.40. The second-order valence-electron chi connectivity index (χ2n) is 3.53. The molecule has 13 heavy (non-hydrogen) atoms. The largest absolute Gasteiger partial charge is 0.381 e. The molecule has 1 rings (SSSR count). The lowest BCUT2D eigenvalue weighted by Crippen LogP contribution is -2.40. The van der Waals surface area contributed by atoms with E-state index >= 15 is 0 Å². The van der Waals surface area contributed by atoms with Crippen LogP contribution in [0.3, 0.4) is 0 Å². The number of alkyl halides is 2. The van der Waals surface area contributed by atoms with Crippen molar-refractivity contribution >= 4 is 0 Å². The lowest BCUT2D eigenvalue weighted by molar-refractivity contribution is -0.107. The van der Waals surface area contributed by atoms with Gasteiger partial charge in [-0.3, -0.25) is 0 Å². The van der Waals surface area contributed by atoms with E-state index in [2.05, 4.69) is 0 Å². The minimum Gasteiger partial charge on any atom is -0.381 e. The van der Waals surface area contributed by atoms with E-state index in [1.54, 1.807) is 6.92 Å². The summed E-state index contributed by atoms with van der Waals surface area (Å²) < 4.78 is 30.1. The van der Waals surface area contributed by atoms with Crippen LogP contribution in [0.15, 0.2) is 0 Å². The molecule has 0 aromatic heterocycles. The van der Waals surface area contributed by atoms with Crippen LogP contribution in [0, 0.1) is 11.3 Å². The van der Waals surface area contributed by atoms with Gasteiger partial charge in [0.05, 0.1) is 0 Å². The fourth-order valence-electron chi connectivity index (χ4n) is 1.31. The molecule has 0 saturated carbocycles. The van der Waals surface area contributed by atoms with Gasteiger partial charge in [0.15, 0.2) is 0 Å². The van der Waals surface area contributed by atoms with Crippen molar-refractivity contribution in [1.29, 1.82) is 0 Å². The van der Waals surface area contributed by atoms with Gasteiger partial charge in [-0.05, 0) is 12.3 Å².